The zero-order valence-electron chi connectivity index (χ0n) is 10.4. The minimum Gasteiger partial charge on any atom is -0.389 e. The maximum Gasteiger partial charge on any atom is 0.126 e. The molecule has 98 valence electrons. The Morgan fingerprint density at radius 1 is 1.37 bits per heavy atom. The predicted octanol–water partition coefficient (Wildman–Crippen LogP) is 3.03. The Morgan fingerprint density at radius 3 is 2.74 bits per heavy atom. The van der Waals surface area contributed by atoms with Gasteiger partial charge >= 0.3 is 0 Å². The van der Waals surface area contributed by atoms with Gasteiger partial charge in [0, 0.05) is 11.8 Å². The van der Waals surface area contributed by atoms with Crippen LogP contribution in [0.25, 0.3) is 0 Å². The second-order valence-electron chi connectivity index (χ2n) is 4.22. The van der Waals surface area contributed by atoms with Crippen LogP contribution in [-0.2, 0) is 0 Å². The zero-order valence-corrected chi connectivity index (χ0v) is 11.2. The van der Waals surface area contributed by atoms with E-state index in [0.717, 1.165) is 11.1 Å². The number of nitrogens with one attached hydrogen (secondary N) is 1. The SMILES string of the molecule is CC(Nc1ccc(C(N)=S)cn1)c1cccc(F)c1. The molecule has 5 heteroatoms. The van der Waals surface area contributed by atoms with Crippen molar-refractivity contribution in [3.8, 4) is 0 Å². The van der Waals surface area contributed by atoms with E-state index < -0.39 is 0 Å². The standard InChI is InChI=1S/C14H14FN3S/c1-9(10-3-2-4-12(15)7-10)18-13-6-5-11(8-17-13)14(16)19/h2-9H,1H3,(H2,16,19)(H,17,18). The molecule has 2 rings (SSSR count). The summed E-state index contributed by atoms with van der Waals surface area (Å²) in [4.78, 5) is 4.53. The fourth-order valence-corrected chi connectivity index (χ4v) is 1.83. The van der Waals surface area contributed by atoms with Gasteiger partial charge in [-0.1, -0.05) is 24.4 Å². The van der Waals surface area contributed by atoms with Gasteiger partial charge in [0.25, 0.3) is 0 Å². The van der Waals surface area contributed by atoms with E-state index in [4.69, 9.17) is 18.0 Å². The Balaban J connectivity index is 2.10. The Hall–Kier alpha value is -2.01. The maximum atomic E-state index is 13.1. The molecule has 0 saturated carbocycles. The van der Waals surface area contributed by atoms with Crippen LogP contribution < -0.4 is 11.1 Å². The third-order valence-electron chi connectivity index (χ3n) is 2.76. The second kappa shape index (κ2) is 5.75. The zero-order chi connectivity index (χ0) is 13.8. The van der Waals surface area contributed by atoms with Gasteiger partial charge in [-0.15, -0.1) is 0 Å². The summed E-state index contributed by atoms with van der Waals surface area (Å²) in [5, 5.41) is 3.19. The van der Waals surface area contributed by atoms with E-state index in [1.807, 2.05) is 13.0 Å². The lowest BCUT2D eigenvalue weighted by molar-refractivity contribution is 0.623. The van der Waals surface area contributed by atoms with E-state index in [9.17, 15) is 4.39 Å². The van der Waals surface area contributed by atoms with Gasteiger partial charge in [-0.05, 0) is 36.8 Å². The van der Waals surface area contributed by atoms with Gasteiger partial charge in [-0.25, -0.2) is 9.37 Å². The molecule has 1 aromatic heterocycles. The van der Waals surface area contributed by atoms with E-state index in [1.165, 1.54) is 12.1 Å². The van der Waals surface area contributed by atoms with E-state index in [1.54, 1.807) is 24.4 Å². The van der Waals surface area contributed by atoms with Crippen molar-refractivity contribution in [3.63, 3.8) is 0 Å². The average Bonchev–Trinajstić information content (AvgIpc) is 2.39. The van der Waals surface area contributed by atoms with Crippen LogP contribution in [0.2, 0.25) is 0 Å². The first-order chi connectivity index (χ1) is 9.06. The molecule has 1 aromatic carbocycles. The van der Waals surface area contributed by atoms with Crippen molar-refractivity contribution in [2.75, 3.05) is 5.32 Å². The highest BCUT2D eigenvalue weighted by Gasteiger charge is 2.07. The molecule has 0 fully saturated rings. The van der Waals surface area contributed by atoms with Gasteiger partial charge in [0.05, 0.1) is 6.04 Å². The third-order valence-corrected chi connectivity index (χ3v) is 3.00. The number of pyridine rings is 1. The van der Waals surface area contributed by atoms with Crippen LogP contribution in [0.3, 0.4) is 0 Å². The molecule has 1 heterocycles. The van der Waals surface area contributed by atoms with Crippen molar-refractivity contribution >= 4 is 23.0 Å². The quantitative estimate of drug-likeness (QED) is 0.842. The number of hydrogen-bond donors (Lipinski definition) is 2. The minimum atomic E-state index is -0.247. The molecule has 0 aliphatic heterocycles. The summed E-state index contributed by atoms with van der Waals surface area (Å²) < 4.78 is 13.1. The van der Waals surface area contributed by atoms with Crippen LogP contribution in [0.1, 0.15) is 24.1 Å². The molecule has 2 aromatic rings. The number of aromatic nitrogens is 1. The summed E-state index contributed by atoms with van der Waals surface area (Å²) in [6, 6.07) is 10.0. The van der Waals surface area contributed by atoms with Crippen molar-refractivity contribution in [1.29, 1.82) is 0 Å². The van der Waals surface area contributed by atoms with Crippen LogP contribution in [0.4, 0.5) is 10.2 Å². The summed E-state index contributed by atoms with van der Waals surface area (Å²) in [7, 11) is 0. The molecule has 3 nitrogen and oxygen atoms in total. The predicted molar refractivity (Wildman–Crippen MR) is 78.6 cm³/mol. The first-order valence-electron chi connectivity index (χ1n) is 5.84. The number of halogens is 1. The second-order valence-corrected chi connectivity index (χ2v) is 4.66. The van der Waals surface area contributed by atoms with Crippen molar-refractivity contribution < 1.29 is 4.39 Å². The Kier molecular flexibility index (Phi) is 4.06. The highest BCUT2D eigenvalue weighted by molar-refractivity contribution is 7.80. The van der Waals surface area contributed by atoms with E-state index in [2.05, 4.69) is 10.3 Å². The van der Waals surface area contributed by atoms with Gasteiger partial charge in [-0.3, -0.25) is 0 Å². The highest BCUT2D eigenvalue weighted by atomic mass is 32.1. The molecule has 0 aliphatic rings. The summed E-state index contributed by atoms with van der Waals surface area (Å²) in [6.07, 6.45) is 1.61. The molecular formula is C14H14FN3S. The van der Waals surface area contributed by atoms with Crippen LogP contribution in [0, 0.1) is 5.82 Å². The molecule has 3 N–H and O–H groups in total. The lowest BCUT2D eigenvalue weighted by atomic mass is 10.1. The first kappa shape index (κ1) is 13.4. The molecule has 1 atom stereocenters. The van der Waals surface area contributed by atoms with Crippen molar-refractivity contribution in [2.45, 2.75) is 13.0 Å². The van der Waals surface area contributed by atoms with E-state index in [-0.39, 0.29) is 11.9 Å². The number of anilines is 1. The van der Waals surface area contributed by atoms with Crippen LogP contribution >= 0.6 is 12.2 Å². The van der Waals surface area contributed by atoms with Crippen LogP contribution in [0.5, 0.6) is 0 Å². The largest absolute Gasteiger partial charge is 0.389 e. The molecule has 0 spiro atoms. The lowest BCUT2D eigenvalue weighted by Crippen LogP contribution is -2.11. The summed E-state index contributed by atoms with van der Waals surface area (Å²) in [6.45, 7) is 1.94. The lowest BCUT2D eigenvalue weighted by Gasteiger charge is -2.15. The fourth-order valence-electron chi connectivity index (χ4n) is 1.71. The number of nitrogens with zero attached hydrogens (tertiary/aromatic N) is 1. The molecule has 0 radical (unpaired) electrons. The maximum absolute atomic E-state index is 13.1. The smallest absolute Gasteiger partial charge is 0.126 e. The third kappa shape index (κ3) is 3.48. The monoisotopic (exact) mass is 275 g/mol. The minimum absolute atomic E-state index is 0.0427. The van der Waals surface area contributed by atoms with Gasteiger partial charge in [0.1, 0.15) is 16.6 Å². The normalized spacial score (nSPS) is 11.9. The molecule has 0 saturated heterocycles. The van der Waals surface area contributed by atoms with E-state index in [0.29, 0.717) is 10.8 Å². The van der Waals surface area contributed by atoms with Crippen LogP contribution in [0.15, 0.2) is 42.6 Å². The Morgan fingerprint density at radius 2 is 2.16 bits per heavy atom. The van der Waals surface area contributed by atoms with Crippen LogP contribution in [-0.4, -0.2) is 9.97 Å². The molecule has 0 amide bonds. The first-order valence-corrected chi connectivity index (χ1v) is 6.25. The Labute approximate surface area is 116 Å². The van der Waals surface area contributed by atoms with Crippen molar-refractivity contribution in [3.05, 3.63) is 59.5 Å². The summed E-state index contributed by atoms with van der Waals surface area (Å²) in [5.74, 6) is 0.444. The number of benzene rings is 1. The molecule has 0 bridgehead atoms. The Bertz CT molecular complexity index is 583. The average molecular weight is 275 g/mol. The number of hydrogen-bond acceptors (Lipinski definition) is 3. The van der Waals surface area contributed by atoms with Gasteiger partial charge in [0.15, 0.2) is 0 Å². The molecule has 0 aliphatic carbocycles. The summed E-state index contributed by atoms with van der Waals surface area (Å²) >= 11 is 4.86. The van der Waals surface area contributed by atoms with Gasteiger partial charge in [-0.2, -0.15) is 0 Å². The molecule has 1 unspecified atom stereocenters. The van der Waals surface area contributed by atoms with Crippen molar-refractivity contribution in [2.24, 2.45) is 5.73 Å². The van der Waals surface area contributed by atoms with E-state index >= 15 is 0 Å². The summed E-state index contributed by atoms with van der Waals surface area (Å²) in [5.41, 5.74) is 7.08. The van der Waals surface area contributed by atoms with Crippen molar-refractivity contribution in [1.82, 2.24) is 4.98 Å². The topological polar surface area (TPSA) is 50.9 Å². The number of nitrogens with two attached hydrogens (primary N) is 1. The van der Waals surface area contributed by atoms with Gasteiger partial charge in [0.2, 0.25) is 0 Å². The molecule has 19 heavy (non-hydrogen) atoms. The van der Waals surface area contributed by atoms with Gasteiger partial charge < -0.3 is 11.1 Å². The fraction of sp³-hybridized carbons (Fsp3) is 0.143. The number of thiocarbonyl (C=S) groups is 1. The number of rotatable bonds is 4. The molecular weight excluding hydrogens is 261 g/mol. The highest BCUT2D eigenvalue weighted by Crippen LogP contribution is 2.18.